The highest BCUT2D eigenvalue weighted by Crippen LogP contribution is 2.34. The van der Waals surface area contributed by atoms with Gasteiger partial charge >= 0.3 is 0 Å². The number of aromatic nitrogens is 2. The van der Waals surface area contributed by atoms with Crippen molar-refractivity contribution in [1.29, 1.82) is 0 Å². The lowest BCUT2D eigenvalue weighted by Crippen LogP contribution is -2.23. The quantitative estimate of drug-likeness (QED) is 0.352. The number of anilines is 1. The average Bonchev–Trinajstić information content (AvgIpc) is 3.19. The van der Waals surface area contributed by atoms with Crippen LogP contribution in [0.3, 0.4) is 0 Å². The van der Waals surface area contributed by atoms with Crippen molar-refractivity contribution in [3.05, 3.63) is 81.6 Å². The predicted octanol–water partition coefficient (Wildman–Crippen LogP) is 5.24. The highest BCUT2D eigenvalue weighted by Gasteiger charge is 2.26. The minimum atomic E-state index is -0.657. The Balaban J connectivity index is 1.72. The molecule has 29 heavy (non-hydrogen) atoms. The molecule has 0 fully saturated rings. The Labute approximate surface area is 177 Å². The fourth-order valence-corrected chi connectivity index (χ4v) is 4.58. The number of hydrogen-bond donors (Lipinski definition) is 1. The Hall–Kier alpha value is -2.96. The SMILES string of the molecule is Cc1cc2c(s1)c(C(=O)C(=O)Nc1ccncc1)c(C)n2Cc1ccc(Cl)cc1. The molecule has 0 radical (unpaired) electrons. The van der Waals surface area contributed by atoms with Crippen LogP contribution in [0.15, 0.2) is 54.9 Å². The number of ketones is 1. The van der Waals surface area contributed by atoms with Crippen LogP contribution in [0.2, 0.25) is 5.02 Å². The maximum atomic E-state index is 13.1. The summed E-state index contributed by atoms with van der Waals surface area (Å²) in [5.41, 5.74) is 3.79. The van der Waals surface area contributed by atoms with Crippen molar-refractivity contribution in [3.63, 3.8) is 0 Å². The number of pyridine rings is 1. The second-order valence-electron chi connectivity index (χ2n) is 6.76. The van der Waals surface area contributed by atoms with Crippen molar-refractivity contribution in [2.45, 2.75) is 20.4 Å². The molecule has 4 rings (SSSR count). The zero-order valence-electron chi connectivity index (χ0n) is 15.9. The molecule has 3 aromatic heterocycles. The Kier molecular flexibility index (Phi) is 5.22. The third-order valence-electron chi connectivity index (χ3n) is 4.75. The van der Waals surface area contributed by atoms with Crippen LogP contribution in [0.25, 0.3) is 10.2 Å². The minimum Gasteiger partial charge on any atom is -0.339 e. The number of amides is 1. The van der Waals surface area contributed by atoms with Gasteiger partial charge in [0.25, 0.3) is 11.7 Å². The molecule has 0 unspecified atom stereocenters. The van der Waals surface area contributed by atoms with Crippen molar-refractivity contribution in [2.75, 3.05) is 5.32 Å². The van der Waals surface area contributed by atoms with E-state index < -0.39 is 11.7 Å². The van der Waals surface area contributed by atoms with E-state index in [9.17, 15) is 9.59 Å². The van der Waals surface area contributed by atoms with Gasteiger partial charge in [-0.15, -0.1) is 11.3 Å². The molecule has 5 nitrogen and oxygen atoms in total. The zero-order chi connectivity index (χ0) is 20.5. The van der Waals surface area contributed by atoms with Crippen LogP contribution in [-0.4, -0.2) is 21.2 Å². The maximum absolute atomic E-state index is 13.1. The molecule has 146 valence electrons. The Morgan fingerprint density at radius 3 is 2.48 bits per heavy atom. The number of carbonyl (C=O) groups is 2. The number of fused-ring (bicyclic) bond motifs is 1. The van der Waals surface area contributed by atoms with Crippen LogP contribution < -0.4 is 5.32 Å². The predicted molar refractivity (Wildman–Crippen MR) is 117 cm³/mol. The van der Waals surface area contributed by atoms with Crippen LogP contribution >= 0.6 is 22.9 Å². The van der Waals surface area contributed by atoms with Gasteiger partial charge in [-0.1, -0.05) is 23.7 Å². The van der Waals surface area contributed by atoms with Gasteiger partial charge in [0.15, 0.2) is 0 Å². The van der Waals surface area contributed by atoms with Gasteiger partial charge in [-0.3, -0.25) is 14.6 Å². The van der Waals surface area contributed by atoms with Gasteiger partial charge in [0.1, 0.15) is 0 Å². The zero-order valence-corrected chi connectivity index (χ0v) is 17.5. The molecule has 3 heterocycles. The normalized spacial score (nSPS) is 11.0. The van der Waals surface area contributed by atoms with Gasteiger partial charge in [0, 0.05) is 40.2 Å². The lowest BCUT2D eigenvalue weighted by atomic mass is 10.1. The summed E-state index contributed by atoms with van der Waals surface area (Å²) in [7, 11) is 0. The first-order chi connectivity index (χ1) is 13.9. The van der Waals surface area contributed by atoms with Crippen molar-refractivity contribution in [3.8, 4) is 0 Å². The molecular weight excluding hydrogens is 406 g/mol. The Morgan fingerprint density at radius 2 is 1.79 bits per heavy atom. The maximum Gasteiger partial charge on any atom is 0.296 e. The molecule has 1 N–H and O–H groups in total. The lowest BCUT2D eigenvalue weighted by Gasteiger charge is -2.09. The second-order valence-corrected chi connectivity index (χ2v) is 8.46. The number of rotatable bonds is 5. The molecule has 7 heteroatoms. The molecule has 4 aromatic rings. The third kappa shape index (κ3) is 3.81. The minimum absolute atomic E-state index is 0.457. The monoisotopic (exact) mass is 423 g/mol. The molecule has 1 aromatic carbocycles. The first kappa shape index (κ1) is 19.4. The summed E-state index contributed by atoms with van der Waals surface area (Å²) >= 11 is 7.52. The summed E-state index contributed by atoms with van der Waals surface area (Å²) in [6, 6.07) is 13.0. The van der Waals surface area contributed by atoms with E-state index in [1.807, 2.05) is 38.1 Å². The summed E-state index contributed by atoms with van der Waals surface area (Å²) in [5, 5.41) is 3.34. The van der Waals surface area contributed by atoms with E-state index in [1.165, 1.54) is 11.3 Å². The van der Waals surface area contributed by atoms with Crippen molar-refractivity contribution in [2.24, 2.45) is 0 Å². The van der Waals surface area contributed by atoms with E-state index in [4.69, 9.17) is 11.6 Å². The van der Waals surface area contributed by atoms with E-state index in [2.05, 4.69) is 20.9 Å². The number of nitrogens with one attached hydrogen (secondary N) is 1. The number of nitrogens with zero attached hydrogens (tertiary/aromatic N) is 2. The molecule has 1 amide bonds. The fourth-order valence-electron chi connectivity index (χ4n) is 3.34. The van der Waals surface area contributed by atoms with Crippen LogP contribution in [0, 0.1) is 13.8 Å². The summed E-state index contributed by atoms with van der Waals surface area (Å²) in [4.78, 5) is 30.7. The molecule has 0 saturated heterocycles. The molecule has 0 bridgehead atoms. The molecular formula is C22H18ClN3O2S. The lowest BCUT2D eigenvalue weighted by molar-refractivity contribution is -0.112. The Morgan fingerprint density at radius 1 is 1.10 bits per heavy atom. The summed E-state index contributed by atoms with van der Waals surface area (Å²) in [6.07, 6.45) is 3.13. The van der Waals surface area contributed by atoms with E-state index >= 15 is 0 Å². The molecule has 0 spiro atoms. The van der Waals surface area contributed by atoms with Gasteiger partial charge < -0.3 is 9.88 Å². The average molecular weight is 424 g/mol. The fraction of sp³-hybridized carbons (Fsp3) is 0.136. The van der Waals surface area contributed by atoms with Crippen LogP contribution in [0.4, 0.5) is 5.69 Å². The van der Waals surface area contributed by atoms with Crippen molar-refractivity contribution >= 4 is 50.5 Å². The number of hydrogen-bond acceptors (Lipinski definition) is 4. The Bertz CT molecular complexity index is 1210. The first-order valence-corrected chi connectivity index (χ1v) is 10.2. The highest BCUT2D eigenvalue weighted by atomic mass is 35.5. The van der Waals surface area contributed by atoms with Gasteiger partial charge in [-0.05, 0) is 49.7 Å². The van der Waals surface area contributed by atoms with E-state index in [0.29, 0.717) is 22.8 Å². The van der Waals surface area contributed by atoms with Gasteiger partial charge in [-0.25, -0.2) is 0 Å². The number of benzene rings is 1. The largest absolute Gasteiger partial charge is 0.339 e. The number of Topliss-reactive ketones (excluding diaryl/α,β-unsaturated/α-hetero) is 1. The summed E-state index contributed by atoms with van der Waals surface area (Å²) < 4.78 is 2.92. The summed E-state index contributed by atoms with van der Waals surface area (Å²) in [6.45, 7) is 4.47. The second kappa shape index (κ2) is 7.81. The number of halogens is 1. The van der Waals surface area contributed by atoms with Gasteiger partial charge in [-0.2, -0.15) is 0 Å². The smallest absolute Gasteiger partial charge is 0.296 e. The van der Waals surface area contributed by atoms with Gasteiger partial charge in [0.2, 0.25) is 0 Å². The van der Waals surface area contributed by atoms with Crippen LogP contribution in [-0.2, 0) is 11.3 Å². The van der Waals surface area contributed by atoms with E-state index in [1.54, 1.807) is 24.5 Å². The van der Waals surface area contributed by atoms with E-state index in [-0.39, 0.29) is 0 Å². The standard InChI is InChI=1S/C22H18ClN3O2S/c1-13-11-18-21(29-13)19(20(27)22(28)25-17-7-9-24-10-8-17)14(2)26(18)12-15-3-5-16(23)6-4-15/h3-11H,12H2,1-2H3,(H,24,25,28). The first-order valence-electron chi connectivity index (χ1n) is 9.03. The molecule has 0 saturated carbocycles. The summed E-state index contributed by atoms with van der Waals surface area (Å²) in [5.74, 6) is -1.20. The molecule has 0 atom stereocenters. The molecule has 0 aliphatic rings. The van der Waals surface area contributed by atoms with E-state index in [0.717, 1.165) is 26.4 Å². The van der Waals surface area contributed by atoms with Crippen LogP contribution in [0.5, 0.6) is 0 Å². The van der Waals surface area contributed by atoms with Crippen LogP contribution in [0.1, 0.15) is 26.5 Å². The molecule has 0 aliphatic heterocycles. The van der Waals surface area contributed by atoms with Crippen molar-refractivity contribution < 1.29 is 9.59 Å². The van der Waals surface area contributed by atoms with Crippen molar-refractivity contribution in [1.82, 2.24) is 9.55 Å². The number of thiophene rings is 1. The number of aryl methyl sites for hydroxylation is 1. The molecule has 0 aliphatic carbocycles. The number of carbonyl (C=O) groups excluding carboxylic acids is 2. The highest BCUT2D eigenvalue weighted by molar-refractivity contribution is 7.19. The topological polar surface area (TPSA) is 64.0 Å². The van der Waals surface area contributed by atoms with Gasteiger partial charge in [0.05, 0.1) is 15.8 Å². The third-order valence-corrected chi connectivity index (χ3v) is 6.05.